The van der Waals surface area contributed by atoms with Gasteiger partial charge in [-0.2, -0.15) is 0 Å². The predicted octanol–water partition coefficient (Wildman–Crippen LogP) is -0.649. The fourth-order valence-corrected chi connectivity index (χ4v) is 2.27. The molecular weight excluding hydrogens is 220 g/mol. The molecule has 1 unspecified atom stereocenters. The summed E-state index contributed by atoms with van der Waals surface area (Å²) in [5, 5.41) is 3.32. The number of pyridine rings is 1. The summed E-state index contributed by atoms with van der Waals surface area (Å²) in [7, 11) is 0. The number of primary amides is 1. The first kappa shape index (κ1) is 10.3. The number of ether oxygens (including phenoxy) is 1. The molecule has 3 N–H and O–H groups in total. The van der Waals surface area contributed by atoms with Crippen molar-refractivity contribution in [3.8, 4) is 5.75 Å². The minimum Gasteiger partial charge on any atom is -0.487 e. The molecule has 0 saturated carbocycles. The van der Waals surface area contributed by atoms with Crippen LogP contribution in [0.5, 0.6) is 5.75 Å². The van der Waals surface area contributed by atoms with Crippen molar-refractivity contribution in [3.63, 3.8) is 0 Å². The summed E-state index contributed by atoms with van der Waals surface area (Å²) in [4.78, 5) is 17.6. The van der Waals surface area contributed by atoms with Gasteiger partial charge in [0.25, 0.3) is 0 Å². The fraction of sp³-hybridized carbons (Fsp3) is 0.455. The summed E-state index contributed by atoms with van der Waals surface area (Å²) in [6.07, 6.45) is 1.51. The Hall–Kier alpha value is -1.82. The van der Waals surface area contributed by atoms with Gasteiger partial charge in [-0.15, -0.1) is 0 Å². The van der Waals surface area contributed by atoms with E-state index in [0.717, 1.165) is 25.5 Å². The Morgan fingerprint density at radius 3 is 3.35 bits per heavy atom. The largest absolute Gasteiger partial charge is 0.487 e. The van der Waals surface area contributed by atoms with Crippen LogP contribution in [0.25, 0.3) is 0 Å². The summed E-state index contributed by atoms with van der Waals surface area (Å²) in [5.41, 5.74) is 5.61. The number of amides is 1. The standard InChI is InChI=1S/C11H14N4O2/c12-10(16)7-3-9-11(14-4-7)15-2-1-13-5-8(15)6-17-9/h3-4,8,13H,1-2,5-6H2,(H2,12,16). The molecule has 0 aromatic carbocycles. The highest BCUT2D eigenvalue weighted by molar-refractivity contribution is 5.93. The molecule has 6 nitrogen and oxygen atoms in total. The molecule has 1 amide bonds. The van der Waals surface area contributed by atoms with Gasteiger partial charge in [-0.25, -0.2) is 4.98 Å². The van der Waals surface area contributed by atoms with E-state index >= 15 is 0 Å². The number of anilines is 1. The van der Waals surface area contributed by atoms with Crippen LogP contribution in [0.2, 0.25) is 0 Å². The van der Waals surface area contributed by atoms with Crippen LogP contribution in [0.4, 0.5) is 5.82 Å². The normalized spacial score (nSPS) is 22.4. The molecule has 3 heterocycles. The molecule has 1 aromatic rings. The Morgan fingerprint density at radius 1 is 1.65 bits per heavy atom. The maximum absolute atomic E-state index is 11.1. The van der Waals surface area contributed by atoms with Crippen LogP contribution in [0.3, 0.4) is 0 Å². The highest BCUT2D eigenvalue weighted by atomic mass is 16.5. The molecule has 1 aromatic heterocycles. The predicted molar refractivity (Wildman–Crippen MR) is 62.3 cm³/mol. The molecular formula is C11H14N4O2. The number of nitrogens with two attached hydrogens (primary N) is 1. The van der Waals surface area contributed by atoms with Gasteiger partial charge >= 0.3 is 0 Å². The number of hydrogen-bond donors (Lipinski definition) is 2. The van der Waals surface area contributed by atoms with E-state index in [2.05, 4.69) is 15.2 Å². The second-order valence-electron chi connectivity index (χ2n) is 4.27. The summed E-state index contributed by atoms with van der Waals surface area (Å²) < 4.78 is 5.63. The lowest BCUT2D eigenvalue weighted by atomic mass is 10.1. The van der Waals surface area contributed by atoms with Gasteiger partial charge < -0.3 is 20.7 Å². The van der Waals surface area contributed by atoms with Crippen molar-refractivity contribution in [1.29, 1.82) is 0 Å². The number of carbonyl (C=O) groups is 1. The number of nitrogens with zero attached hydrogens (tertiary/aromatic N) is 2. The van der Waals surface area contributed by atoms with Crippen LogP contribution in [0, 0.1) is 0 Å². The molecule has 0 bridgehead atoms. The SMILES string of the molecule is NC(=O)c1cnc2c(c1)OCC1CNCCN21. The Balaban J connectivity index is 1.97. The van der Waals surface area contributed by atoms with Crippen LogP contribution in [0.15, 0.2) is 12.3 Å². The van der Waals surface area contributed by atoms with Gasteiger partial charge in [-0.05, 0) is 6.07 Å². The highest BCUT2D eigenvalue weighted by Crippen LogP contribution is 2.32. The molecule has 90 valence electrons. The van der Waals surface area contributed by atoms with Gasteiger partial charge in [0, 0.05) is 25.8 Å². The van der Waals surface area contributed by atoms with Gasteiger partial charge in [0.1, 0.15) is 6.61 Å². The topological polar surface area (TPSA) is 80.5 Å². The van der Waals surface area contributed by atoms with Gasteiger partial charge in [0.2, 0.25) is 5.91 Å². The van der Waals surface area contributed by atoms with Crippen molar-refractivity contribution in [3.05, 3.63) is 17.8 Å². The smallest absolute Gasteiger partial charge is 0.250 e. The quantitative estimate of drug-likeness (QED) is 0.675. The van der Waals surface area contributed by atoms with E-state index in [0.29, 0.717) is 24.0 Å². The molecule has 3 rings (SSSR count). The van der Waals surface area contributed by atoms with Crippen molar-refractivity contribution in [2.45, 2.75) is 6.04 Å². The van der Waals surface area contributed by atoms with Crippen LogP contribution < -0.4 is 20.7 Å². The molecule has 1 atom stereocenters. The van der Waals surface area contributed by atoms with E-state index in [9.17, 15) is 4.79 Å². The summed E-state index contributed by atoms with van der Waals surface area (Å²) in [6.45, 7) is 3.36. The Bertz CT molecular complexity index is 463. The molecule has 2 aliphatic rings. The van der Waals surface area contributed by atoms with Crippen LogP contribution in [0.1, 0.15) is 10.4 Å². The second-order valence-corrected chi connectivity index (χ2v) is 4.27. The van der Waals surface area contributed by atoms with E-state index in [1.165, 1.54) is 6.20 Å². The fourth-order valence-electron chi connectivity index (χ4n) is 2.27. The zero-order valence-corrected chi connectivity index (χ0v) is 9.35. The van der Waals surface area contributed by atoms with Crippen molar-refractivity contribution >= 4 is 11.7 Å². The number of carbonyl (C=O) groups excluding carboxylic acids is 1. The van der Waals surface area contributed by atoms with Crippen molar-refractivity contribution < 1.29 is 9.53 Å². The van der Waals surface area contributed by atoms with Gasteiger partial charge in [0.05, 0.1) is 11.6 Å². The lowest BCUT2D eigenvalue weighted by Crippen LogP contribution is -2.56. The second kappa shape index (κ2) is 3.89. The monoisotopic (exact) mass is 234 g/mol. The molecule has 0 spiro atoms. The van der Waals surface area contributed by atoms with E-state index in [1.54, 1.807) is 6.07 Å². The van der Waals surface area contributed by atoms with Crippen molar-refractivity contribution in [2.75, 3.05) is 31.1 Å². The number of piperazine rings is 1. The molecule has 0 radical (unpaired) electrons. The Kier molecular flexibility index (Phi) is 2.36. The van der Waals surface area contributed by atoms with Crippen molar-refractivity contribution in [2.24, 2.45) is 5.73 Å². The lowest BCUT2D eigenvalue weighted by Gasteiger charge is -2.40. The van der Waals surface area contributed by atoms with Crippen LogP contribution in [-0.4, -0.2) is 43.2 Å². The summed E-state index contributed by atoms with van der Waals surface area (Å²) >= 11 is 0. The van der Waals surface area contributed by atoms with Gasteiger partial charge in [-0.1, -0.05) is 0 Å². The first-order valence-electron chi connectivity index (χ1n) is 5.66. The average Bonchev–Trinajstić information content (AvgIpc) is 2.38. The van der Waals surface area contributed by atoms with Crippen LogP contribution >= 0.6 is 0 Å². The molecule has 1 saturated heterocycles. The molecule has 1 fully saturated rings. The third-order valence-electron chi connectivity index (χ3n) is 3.17. The third-order valence-corrected chi connectivity index (χ3v) is 3.17. The summed E-state index contributed by atoms with van der Waals surface area (Å²) in [6, 6.07) is 1.99. The number of nitrogens with one attached hydrogen (secondary N) is 1. The first-order chi connectivity index (χ1) is 8.25. The number of hydrogen-bond acceptors (Lipinski definition) is 5. The number of fused-ring (bicyclic) bond motifs is 3. The Morgan fingerprint density at radius 2 is 2.53 bits per heavy atom. The van der Waals surface area contributed by atoms with E-state index in [1.807, 2.05) is 0 Å². The minimum atomic E-state index is -0.480. The van der Waals surface area contributed by atoms with Gasteiger partial charge in [-0.3, -0.25) is 4.79 Å². The number of aromatic nitrogens is 1. The van der Waals surface area contributed by atoms with Gasteiger partial charge in [0.15, 0.2) is 11.6 Å². The lowest BCUT2D eigenvalue weighted by molar-refractivity contribution is 0.0999. The third kappa shape index (κ3) is 1.70. The zero-order valence-electron chi connectivity index (χ0n) is 9.35. The van der Waals surface area contributed by atoms with Crippen LogP contribution in [-0.2, 0) is 0 Å². The molecule has 0 aliphatic carbocycles. The van der Waals surface area contributed by atoms with E-state index in [-0.39, 0.29) is 0 Å². The molecule has 2 aliphatic heterocycles. The minimum absolute atomic E-state index is 0.322. The summed E-state index contributed by atoms with van der Waals surface area (Å²) in [5.74, 6) is 0.985. The maximum atomic E-state index is 11.1. The molecule has 6 heteroatoms. The van der Waals surface area contributed by atoms with E-state index < -0.39 is 5.91 Å². The average molecular weight is 234 g/mol. The zero-order chi connectivity index (χ0) is 11.8. The maximum Gasteiger partial charge on any atom is 0.250 e. The highest BCUT2D eigenvalue weighted by Gasteiger charge is 2.31. The number of rotatable bonds is 1. The van der Waals surface area contributed by atoms with Crippen molar-refractivity contribution in [1.82, 2.24) is 10.3 Å². The molecule has 17 heavy (non-hydrogen) atoms. The van der Waals surface area contributed by atoms with E-state index in [4.69, 9.17) is 10.5 Å². The Labute approximate surface area is 98.8 Å². The first-order valence-corrected chi connectivity index (χ1v) is 5.66.